The van der Waals surface area contributed by atoms with Crippen LogP contribution in [-0.4, -0.2) is 30.9 Å². The standard InChI is InChI=1S/C12H15BrN2O4S/c13-10-2-1-9(12(7-10)15(16)17)8-14-11-3-5-20(18,19)6-4-11/h1-2,7,11,14H,3-6,8H2. The molecule has 0 aromatic heterocycles. The molecule has 110 valence electrons. The van der Waals surface area contributed by atoms with Crippen molar-refractivity contribution in [2.75, 3.05) is 11.5 Å². The molecule has 1 N–H and O–H groups in total. The maximum absolute atomic E-state index is 11.3. The van der Waals surface area contributed by atoms with Gasteiger partial charge in [0.25, 0.3) is 5.69 Å². The second-order valence-corrected chi connectivity index (χ2v) is 8.06. The van der Waals surface area contributed by atoms with E-state index in [1.54, 1.807) is 12.1 Å². The fraction of sp³-hybridized carbons (Fsp3) is 0.500. The van der Waals surface area contributed by atoms with Crippen LogP contribution >= 0.6 is 15.9 Å². The topological polar surface area (TPSA) is 89.3 Å². The Balaban J connectivity index is 2.00. The molecule has 1 fully saturated rings. The van der Waals surface area contributed by atoms with Crippen LogP contribution in [-0.2, 0) is 16.4 Å². The van der Waals surface area contributed by atoms with Gasteiger partial charge in [0.2, 0.25) is 0 Å². The van der Waals surface area contributed by atoms with Gasteiger partial charge in [-0.3, -0.25) is 10.1 Å². The molecule has 0 atom stereocenters. The van der Waals surface area contributed by atoms with Gasteiger partial charge in [0.15, 0.2) is 0 Å². The van der Waals surface area contributed by atoms with Crippen molar-refractivity contribution in [1.29, 1.82) is 0 Å². The molecule has 1 aliphatic heterocycles. The van der Waals surface area contributed by atoms with Gasteiger partial charge < -0.3 is 5.32 Å². The van der Waals surface area contributed by atoms with E-state index in [1.165, 1.54) is 6.07 Å². The summed E-state index contributed by atoms with van der Waals surface area (Å²) in [6.07, 6.45) is 1.12. The highest BCUT2D eigenvalue weighted by Crippen LogP contribution is 2.24. The molecule has 1 heterocycles. The first-order valence-electron chi connectivity index (χ1n) is 6.24. The van der Waals surface area contributed by atoms with E-state index in [9.17, 15) is 18.5 Å². The van der Waals surface area contributed by atoms with E-state index in [-0.39, 0.29) is 23.2 Å². The van der Waals surface area contributed by atoms with Crippen molar-refractivity contribution >= 4 is 31.5 Å². The Labute approximate surface area is 125 Å². The van der Waals surface area contributed by atoms with Crippen LogP contribution in [0.5, 0.6) is 0 Å². The zero-order valence-corrected chi connectivity index (χ0v) is 13.1. The molecule has 0 amide bonds. The maximum Gasteiger partial charge on any atom is 0.275 e. The molecule has 2 rings (SSSR count). The molecule has 1 aromatic carbocycles. The Morgan fingerprint density at radius 2 is 2.00 bits per heavy atom. The van der Waals surface area contributed by atoms with Crippen molar-refractivity contribution in [3.63, 3.8) is 0 Å². The first-order valence-corrected chi connectivity index (χ1v) is 8.85. The predicted octanol–water partition coefficient (Wildman–Crippen LogP) is 2.02. The van der Waals surface area contributed by atoms with Crippen molar-refractivity contribution < 1.29 is 13.3 Å². The highest BCUT2D eigenvalue weighted by Gasteiger charge is 2.24. The van der Waals surface area contributed by atoms with Gasteiger partial charge in [-0.25, -0.2) is 8.42 Å². The molecule has 8 heteroatoms. The lowest BCUT2D eigenvalue weighted by Crippen LogP contribution is -2.37. The summed E-state index contributed by atoms with van der Waals surface area (Å²) in [4.78, 5) is 10.6. The van der Waals surface area contributed by atoms with E-state index in [0.717, 1.165) is 0 Å². The summed E-state index contributed by atoms with van der Waals surface area (Å²) in [6, 6.07) is 5.04. The molecule has 0 saturated carbocycles. The Morgan fingerprint density at radius 1 is 1.35 bits per heavy atom. The average Bonchev–Trinajstić information content (AvgIpc) is 2.38. The van der Waals surface area contributed by atoms with Crippen molar-refractivity contribution in [2.45, 2.75) is 25.4 Å². The molecule has 0 aliphatic carbocycles. The number of benzene rings is 1. The Kier molecular flexibility index (Phi) is 4.77. The van der Waals surface area contributed by atoms with E-state index in [0.29, 0.717) is 29.4 Å². The third-order valence-electron chi connectivity index (χ3n) is 3.38. The van der Waals surface area contributed by atoms with Gasteiger partial charge in [-0.1, -0.05) is 15.9 Å². The maximum atomic E-state index is 11.3. The number of hydrogen-bond donors (Lipinski definition) is 1. The molecule has 0 spiro atoms. The normalized spacial score (nSPS) is 18.9. The second-order valence-electron chi connectivity index (χ2n) is 4.84. The van der Waals surface area contributed by atoms with Gasteiger partial charge in [-0.2, -0.15) is 0 Å². The Morgan fingerprint density at radius 3 is 2.60 bits per heavy atom. The third kappa shape index (κ3) is 4.00. The Bertz CT molecular complexity index is 604. The van der Waals surface area contributed by atoms with Gasteiger partial charge >= 0.3 is 0 Å². The van der Waals surface area contributed by atoms with Gasteiger partial charge in [0.1, 0.15) is 9.84 Å². The summed E-state index contributed by atoms with van der Waals surface area (Å²) < 4.78 is 23.3. The predicted molar refractivity (Wildman–Crippen MR) is 79.3 cm³/mol. The summed E-state index contributed by atoms with van der Waals surface area (Å²) in [5.41, 5.74) is 0.668. The van der Waals surface area contributed by atoms with E-state index in [1.807, 2.05) is 0 Å². The monoisotopic (exact) mass is 362 g/mol. The fourth-order valence-corrected chi connectivity index (χ4v) is 4.05. The lowest BCUT2D eigenvalue weighted by molar-refractivity contribution is -0.385. The van der Waals surface area contributed by atoms with Crippen molar-refractivity contribution in [3.05, 3.63) is 38.3 Å². The minimum atomic E-state index is -2.88. The summed E-state index contributed by atoms with van der Waals surface area (Å²) in [5, 5.41) is 14.2. The number of halogens is 1. The first-order chi connectivity index (χ1) is 9.37. The zero-order valence-electron chi connectivity index (χ0n) is 10.7. The summed E-state index contributed by atoms with van der Waals surface area (Å²) >= 11 is 3.21. The summed E-state index contributed by atoms with van der Waals surface area (Å²) in [6.45, 7) is 0.369. The molecule has 0 bridgehead atoms. The number of sulfone groups is 1. The first kappa shape index (κ1) is 15.4. The molecule has 1 aromatic rings. The van der Waals surface area contributed by atoms with Crippen LogP contribution in [0.15, 0.2) is 22.7 Å². The number of hydrogen-bond acceptors (Lipinski definition) is 5. The molecule has 20 heavy (non-hydrogen) atoms. The number of nitro groups is 1. The second kappa shape index (κ2) is 6.19. The summed E-state index contributed by atoms with van der Waals surface area (Å²) in [7, 11) is -2.88. The smallest absolute Gasteiger partial charge is 0.275 e. The van der Waals surface area contributed by atoms with Crippen LogP contribution in [0, 0.1) is 10.1 Å². The number of nitro benzene ring substituents is 1. The van der Waals surface area contributed by atoms with Crippen LogP contribution in [0.3, 0.4) is 0 Å². The van der Waals surface area contributed by atoms with Gasteiger partial charge in [-0.05, 0) is 25.0 Å². The minimum absolute atomic E-state index is 0.0651. The van der Waals surface area contributed by atoms with Crippen LogP contribution in [0.25, 0.3) is 0 Å². The lowest BCUT2D eigenvalue weighted by atomic mass is 10.1. The SMILES string of the molecule is O=[N+]([O-])c1cc(Br)ccc1CNC1CCS(=O)(=O)CC1. The quantitative estimate of drug-likeness (QED) is 0.653. The lowest BCUT2D eigenvalue weighted by Gasteiger charge is -2.23. The van der Waals surface area contributed by atoms with Gasteiger partial charge in [-0.15, -0.1) is 0 Å². The highest BCUT2D eigenvalue weighted by molar-refractivity contribution is 9.10. The van der Waals surface area contributed by atoms with Crippen LogP contribution in [0.1, 0.15) is 18.4 Å². The van der Waals surface area contributed by atoms with Crippen molar-refractivity contribution in [2.24, 2.45) is 0 Å². The molecular formula is C12H15BrN2O4S. The largest absolute Gasteiger partial charge is 0.310 e. The van der Waals surface area contributed by atoms with E-state index in [2.05, 4.69) is 21.2 Å². The van der Waals surface area contributed by atoms with Crippen molar-refractivity contribution in [1.82, 2.24) is 5.32 Å². The number of nitrogens with zero attached hydrogens (tertiary/aromatic N) is 1. The molecule has 6 nitrogen and oxygen atoms in total. The van der Waals surface area contributed by atoms with Crippen LogP contribution in [0.2, 0.25) is 0 Å². The number of nitrogens with one attached hydrogen (secondary N) is 1. The molecule has 0 radical (unpaired) electrons. The molecular weight excluding hydrogens is 348 g/mol. The fourth-order valence-electron chi connectivity index (χ4n) is 2.20. The third-order valence-corrected chi connectivity index (χ3v) is 5.59. The Hall–Kier alpha value is -0.990. The van der Waals surface area contributed by atoms with E-state index >= 15 is 0 Å². The van der Waals surface area contributed by atoms with Crippen LogP contribution in [0.4, 0.5) is 5.69 Å². The van der Waals surface area contributed by atoms with Gasteiger partial charge in [0.05, 0.1) is 16.4 Å². The zero-order chi connectivity index (χ0) is 14.8. The van der Waals surface area contributed by atoms with E-state index in [4.69, 9.17) is 0 Å². The van der Waals surface area contributed by atoms with Crippen LogP contribution < -0.4 is 5.32 Å². The van der Waals surface area contributed by atoms with Gasteiger partial charge in [0, 0.05) is 28.7 Å². The summed E-state index contributed by atoms with van der Waals surface area (Å²) in [5.74, 6) is 0.375. The average molecular weight is 363 g/mol. The molecule has 0 unspecified atom stereocenters. The minimum Gasteiger partial charge on any atom is -0.310 e. The molecule has 1 aliphatic rings. The van der Waals surface area contributed by atoms with Crippen molar-refractivity contribution in [3.8, 4) is 0 Å². The molecule has 1 saturated heterocycles. The number of rotatable bonds is 4. The van der Waals surface area contributed by atoms with E-state index < -0.39 is 14.8 Å². The highest BCUT2D eigenvalue weighted by atomic mass is 79.9.